The summed E-state index contributed by atoms with van der Waals surface area (Å²) in [6.07, 6.45) is 0. The van der Waals surface area contributed by atoms with E-state index in [1.54, 1.807) is 6.07 Å². The van der Waals surface area contributed by atoms with Gasteiger partial charge in [-0.2, -0.15) is 0 Å². The number of hydrogen-bond donors (Lipinski definition) is 1. The molecule has 0 radical (unpaired) electrons. The highest BCUT2D eigenvalue weighted by Crippen LogP contribution is 2.28. The first-order valence-corrected chi connectivity index (χ1v) is 5.30. The highest BCUT2D eigenvalue weighted by molar-refractivity contribution is 5.90. The van der Waals surface area contributed by atoms with E-state index >= 15 is 0 Å². The largest absolute Gasteiger partial charge is 0.426 e. The van der Waals surface area contributed by atoms with Gasteiger partial charge in [0, 0.05) is 18.4 Å². The number of aromatic amines is 1. The number of aryl methyl sites for hydroxylation is 2. The molecule has 0 amide bonds. The van der Waals surface area contributed by atoms with Crippen molar-refractivity contribution in [1.29, 1.82) is 0 Å². The molecule has 2 rings (SSSR count). The lowest BCUT2D eigenvalue weighted by Gasteiger charge is -2.09. The summed E-state index contributed by atoms with van der Waals surface area (Å²) in [4.78, 5) is 25.2. The predicted octanol–water partition coefficient (Wildman–Crippen LogP) is 2.07. The zero-order chi connectivity index (χ0) is 12.6. The lowest BCUT2D eigenvalue weighted by molar-refractivity contribution is -0.131. The SMILES string of the molecule is CC(=O)Oc1cc(C)cc2[nH]c(=O)cc(C)c12. The van der Waals surface area contributed by atoms with Crippen LogP contribution in [0.1, 0.15) is 18.1 Å². The van der Waals surface area contributed by atoms with Crippen LogP contribution in [0.15, 0.2) is 23.0 Å². The minimum Gasteiger partial charge on any atom is -0.426 e. The summed E-state index contributed by atoms with van der Waals surface area (Å²) in [5.74, 6) is 0.115. The summed E-state index contributed by atoms with van der Waals surface area (Å²) in [5.41, 5.74) is 2.25. The summed E-state index contributed by atoms with van der Waals surface area (Å²) < 4.78 is 5.17. The molecule has 0 spiro atoms. The number of carbonyl (C=O) groups excluding carboxylic acids is 1. The molecule has 0 fully saturated rings. The van der Waals surface area contributed by atoms with Crippen LogP contribution in [0.25, 0.3) is 10.9 Å². The fraction of sp³-hybridized carbons (Fsp3) is 0.231. The Morgan fingerprint density at radius 1 is 1.24 bits per heavy atom. The average molecular weight is 231 g/mol. The number of hydrogen-bond acceptors (Lipinski definition) is 3. The first-order chi connectivity index (χ1) is 7.97. The number of ether oxygens (including phenoxy) is 1. The lowest BCUT2D eigenvalue weighted by Crippen LogP contribution is -2.08. The quantitative estimate of drug-likeness (QED) is 0.603. The number of aromatic nitrogens is 1. The molecule has 0 aliphatic heterocycles. The van der Waals surface area contributed by atoms with Gasteiger partial charge in [0.2, 0.25) is 5.56 Å². The Bertz CT molecular complexity index is 655. The van der Waals surface area contributed by atoms with Gasteiger partial charge >= 0.3 is 5.97 Å². The van der Waals surface area contributed by atoms with Crippen LogP contribution in [0.2, 0.25) is 0 Å². The van der Waals surface area contributed by atoms with E-state index in [9.17, 15) is 9.59 Å². The number of pyridine rings is 1. The number of rotatable bonds is 1. The minimum atomic E-state index is -0.373. The third-order valence-electron chi connectivity index (χ3n) is 2.50. The fourth-order valence-electron chi connectivity index (χ4n) is 1.93. The molecular weight excluding hydrogens is 218 g/mol. The Kier molecular flexibility index (Phi) is 2.71. The first kappa shape index (κ1) is 11.4. The Morgan fingerprint density at radius 2 is 1.94 bits per heavy atom. The Balaban J connectivity index is 2.82. The van der Waals surface area contributed by atoms with Gasteiger partial charge < -0.3 is 9.72 Å². The van der Waals surface area contributed by atoms with Gasteiger partial charge in [-0.3, -0.25) is 9.59 Å². The van der Waals surface area contributed by atoms with E-state index in [-0.39, 0.29) is 11.5 Å². The third-order valence-corrected chi connectivity index (χ3v) is 2.50. The fourth-order valence-corrected chi connectivity index (χ4v) is 1.93. The Hall–Kier alpha value is -2.10. The van der Waals surface area contributed by atoms with Crippen LogP contribution in [-0.4, -0.2) is 11.0 Å². The number of nitrogens with one attached hydrogen (secondary N) is 1. The Morgan fingerprint density at radius 3 is 2.59 bits per heavy atom. The summed E-state index contributed by atoms with van der Waals surface area (Å²) >= 11 is 0. The van der Waals surface area contributed by atoms with E-state index in [4.69, 9.17) is 4.74 Å². The normalized spacial score (nSPS) is 10.5. The molecule has 88 valence electrons. The van der Waals surface area contributed by atoms with Gasteiger partial charge in [0.1, 0.15) is 5.75 Å². The van der Waals surface area contributed by atoms with Crippen molar-refractivity contribution in [3.8, 4) is 5.75 Å². The van der Waals surface area contributed by atoms with E-state index in [2.05, 4.69) is 4.98 Å². The molecule has 4 nitrogen and oxygen atoms in total. The zero-order valence-electron chi connectivity index (χ0n) is 9.96. The van der Waals surface area contributed by atoms with E-state index in [1.807, 2.05) is 19.9 Å². The second-order valence-corrected chi connectivity index (χ2v) is 4.10. The molecule has 17 heavy (non-hydrogen) atoms. The Labute approximate surface area is 98.2 Å². The molecule has 1 N–H and O–H groups in total. The van der Waals surface area contributed by atoms with Crippen molar-refractivity contribution in [1.82, 2.24) is 4.98 Å². The van der Waals surface area contributed by atoms with Crippen molar-refractivity contribution in [3.63, 3.8) is 0 Å². The van der Waals surface area contributed by atoms with Crippen molar-refractivity contribution in [3.05, 3.63) is 39.7 Å². The monoisotopic (exact) mass is 231 g/mol. The molecule has 0 aliphatic carbocycles. The molecule has 0 saturated heterocycles. The molecule has 4 heteroatoms. The highest BCUT2D eigenvalue weighted by atomic mass is 16.5. The maximum absolute atomic E-state index is 11.4. The van der Waals surface area contributed by atoms with Crippen LogP contribution < -0.4 is 10.3 Å². The number of fused-ring (bicyclic) bond motifs is 1. The maximum atomic E-state index is 11.4. The number of esters is 1. The molecule has 0 aliphatic rings. The smallest absolute Gasteiger partial charge is 0.308 e. The van der Waals surface area contributed by atoms with Crippen molar-refractivity contribution in [2.75, 3.05) is 0 Å². The van der Waals surface area contributed by atoms with Crippen LogP contribution in [0.4, 0.5) is 0 Å². The molecule has 0 atom stereocenters. The zero-order valence-corrected chi connectivity index (χ0v) is 9.96. The highest BCUT2D eigenvalue weighted by Gasteiger charge is 2.09. The molecule has 2 aromatic rings. The van der Waals surface area contributed by atoms with Crippen molar-refractivity contribution >= 4 is 16.9 Å². The topological polar surface area (TPSA) is 59.2 Å². The first-order valence-electron chi connectivity index (χ1n) is 5.30. The minimum absolute atomic E-state index is 0.158. The summed E-state index contributed by atoms with van der Waals surface area (Å²) in [7, 11) is 0. The van der Waals surface area contributed by atoms with Crippen LogP contribution in [0.3, 0.4) is 0 Å². The molecule has 1 aromatic carbocycles. The van der Waals surface area contributed by atoms with Gasteiger partial charge in [-0.1, -0.05) is 0 Å². The second kappa shape index (κ2) is 4.05. The predicted molar refractivity (Wildman–Crippen MR) is 65.4 cm³/mol. The van der Waals surface area contributed by atoms with E-state index in [0.717, 1.165) is 16.5 Å². The maximum Gasteiger partial charge on any atom is 0.308 e. The molecule has 0 saturated carbocycles. The number of H-pyrrole nitrogens is 1. The number of benzene rings is 1. The van der Waals surface area contributed by atoms with Crippen LogP contribution in [-0.2, 0) is 4.79 Å². The van der Waals surface area contributed by atoms with Gasteiger partial charge in [0.25, 0.3) is 0 Å². The van der Waals surface area contributed by atoms with Crippen LogP contribution >= 0.6 is 0 Å². The molecule has 1 aromatic heterocycles. The lowest BCUT2D eigenvalue weighted by atomic mass is 10.1. The van der Waals surface area contributed by atoms with Crippen molar-refractivity contribution < 1.29 is 9.53 Å². The molecular formula is C13H13NO3. The van der Waals surface area contributed by atoms with E-state index < -0.39 is 0 Å². The van der Waals surface area contributed by atoms with Gasteiger partial charge in [-0.05, 0) is 37.1 Å². The summed E-state index contributed by atoms with van der Waals surface area (Å²) in [6, 6.07) is 5.14. The second-order valence-electron chi connectivity index (χ2n) is 4.10. The average Bonchev–Trinajstić information content (AvgIpc) is 2.13. The van der Waals surface area contributed by atoms with Gasteiger partial charge in [-0.25, -0.2) is 0 Å². The van der Waals surface area contributed by atoms with Gasteiger partial charge in [-0.15, -0.1) is 0 Å². The molecule has 0 bridgehead atoms. The van der Waals surface area contributed by atoms with Crippen molar-refractivity contribution in [2.24, 2.45) is 0 Å². The number of carbonyl (C=O) groups is 1. The summed E-state index contributed by atoms with van der Waals surface area (Å²) in [5, 5.41) is 0.769. The molecule has 1 heterocycles. The van der Waals surface area contributed by atoms with Gasteiger partial charge in [0.05, 0.1) is 5.52 Å². The molecule has 0 unspecified atom stereocenters. The van der Waals surface area contributed by atoms with E-state index in [0.29, 0.717) is 11.3 Å². The third kappa shape index (κ3) is 2.20. The van der Waals surface area contributed by atoms with Crippen LogP contribution in [0, 0.1) is 13.8 Å². The standard InChI is InChI=1S/C13H13NO3/c1-7-4-10-13(8(2)6-12(16)14-10)11(5-7)17-9(3)15/h4-6H,1-3H3,(H,14,16). The van der Waals surface area contributed by atoms with Gasteiger partial charge in [0.15, 0.2) is 0 Å². The summed E-state index contributed by atoms with van der Waals surface area (Å²) in [6.45, 7) is 5.06. The van der Waals surface area contributed by atoms with E-state index in [1.165, 1.54) is 13.0 Å². The van der Waals surface area contributed by atoms with Crippen molar-refractivity contribution in [2.45, 2.75) is 20.8 Å². The van der Waals surface area contributed by atoms with Crippen LogP contribution in [0.5, 0.6) is 5.75 Å².